The Balaban J connectivity index is 1.07. The number of pyridine rings is 3. The van der Waals surface area contributed by atoms with Gasteiger partial charge in [0.25, 0.3) is 24.1 Å². The molecule has 0 fully saturated rings. The second-order valence-corrected chi connectivity index (χ2v) is 20.3. The molecule has 6 N–H and O–H groups in total. The molecule has 3 atom stereocenters. The van der Waals surface area contributed by atoms with Gasteiger partial charge in [0.1, 0.15) is 35.5 Å². The average molecular weight is 1220 g/mol. The van der Waals surface area contributed by atoms with Gasteiger partial charge in [-0.05, 0) is 141 Å². The Kier molecular flexibility index (Phi) is 14.7. The number of aryl methyl sites for hydroxylation is 1. The van der Waals surface area contributed by atoms with Crippen LogP contribution in [0.2, 0.25) is 0 Å². The number of ether oxygens (including phenoxy) is 1. The van der Waals surface area contributed by atoms with Gasteiger partial charge in [-0.1, -0.05) is 18.2 Å². The highest BCUT2D eigenvalue weighted by molar-refractivity contribution is 6.11. The van der Waals surface area contributed by atoms with Gasteiger partial charge < -0.3 is 21.9 Å². The van der Waals surface area contributed by atoms with Crippen LogP contribution in [0.25, 0.3) is 22.3 Å². The second-order valence-electron chi connectivity index (χ2n) is 20.3. The third-order valence-corrected chi connectivity index (χ3v) is 14.9. The molecule has 8 heterocycles. The maximum atomic E-state index is 16.0. The number of carbonyl (C=O) groups is 3. The number of nitrogens with zero attached hydrogens (tertiary/aromatic N) is 13. The number of aromatic nitrogens is 7. The first-order valence-corrected chi connectivity index (χ1v) is 25.9. The van der Waals surface area contributed by atoms with Gasteiger partial charge in [0.05, 0.1) is 13.1 Å². The monoisotopic (exact) mass is 1220 g/mol. The molecule has 11 rings (SSSR count). The first-order valence-electron chi connectivity index (χ1n) is 25.9. The van der Waals surface area contributed by atoms with Crippen LogP contribution in [0.3, 0.4) is 0 Å². The first-order chi connectivity index (χ1) is 41.7. The van der Waals surface area contributed by atoms with Crippen molar-refractivity contribution < 1.29 is 63.0 Å². The van der Waals surface area contributed by atoms with Crippen LogP contribution in [0.15, 0.2) is 162 Å². The van der Waals surface area contributed by atoms with E-state index in [-0.39, 0.29) is 67.3 Å². The fourth-order valence-corrected chi connectivity index (χ4v) is 10.8. The fraction of sp³-hybridized carbons (Fsp3) is 0.190. The molecule has 5 aromatic heterocycles. The Bertz CT molecular complexity index is 4220. The van der Waals surface area contributed by atoms with E-state index >= 15 is 9.59 Å². The lowest BCUT2D eigenvalue weighted by atomic mass is 9.80. The van der Waals surface area contributed by atoms with Crippen molar-refractivity contribution in [3.63, 3.8) is 0 Å². The smallest absolute Gasteiger partial charge is 0.433 e. The molecular formula is C58H42F10N16O4. The highest BCUT2D eigenvalue weighted by Crippen LogP contribution is 2.48. The number of likely N-dealkylation sites (N-methyl/N-ethyl adjacent to an activating group) is 1. The minimum atomic E-state index is -5.11. The Hall–Kier alpha value is -10.8. The number of amides is 3. The zero-order chi connectivity index (χ0) is 62.8. The lowest BCUT2D eigenvalue weighted by Gasteiger charge is -2.30. The molecule has 0 spiro atoms. The van der Waals surface area contributed by atoms with E-state index in [9.17, 15) is 48.7 Å². The molecule has 448 valence electrons. The molecule has 8 aromatic rings. The summed E-state index contributed by atoms with van der Waals surface area (Å²) in [6.45, 7) is -3.15. The molecule has 20 nitrogen and oxygen atoms in total. The Morgan fingerprint density at radius 1 is 0.500 bits per heavy atom. The standard InChI is InChI=1S/C58H42F10N16O4/c1-29-11-36(3-4-43(29)88-50(61)62)54(38-6-9-77-44(19-38)57(63,64)65)48(86)83(52(70)80-54)25-31-13-33(35-23-74-28-75-24-35)17-41(15-31)56(39-7-10-78-45(20-39)58(66,67)68)49(87)84(53(71)81-56)26-30-12-32(34-21-72-27-73-22-34)16-40(14-30)55(47(85)82(2)51(69)79-55)37-5-8-76-42(18-37)46(59)60/h3-24,27-28,46,50H,25-26H2,1-2H3,(H2,69,79)(H2,70,80)(H2,71,81). The van der Waals surface area contributed by atoms with Crippen LogP contribution in [0.5, 0.6) is 5.75 Å². The van der Waals surface area contributed by atoms with E-state index in [0.717, 1.165) is 63.6 Å². The molecule has 3 aliphatic rings. The number of nitrogens with two attached hydrogens (primary N) is 3. The van der Waals surface area contributed by atoms with Crippen molar-refractivity contribution in [2.75, 3.05) is 7.05 Å². The summed E-state index contributed by atoms with van der Waals surface area (Å²) in [7, 11) is 1.32. The van der Waals surface area contributed by atoms with Crippen LogP contribution >= 0.6 is 0 Å². The Morgan fingerprint density at radius 2 is 0.920 bits per heavy atom. The van der Waals surface area contributed by atoms with Gasteiger partial charge in [0, 0.05) is 61.6 Å². The number of hydrogen-bond donors (Lipinski definition) is 3. The number of hydrogen-bond acceptors (Lipinski definition) is 17. The largest absolute Gasteiger partial charge is 0.435 e. The highest BCUT2D eigenvalue weighted by Gasteiger charge is 2.55. The molecule has 88 heavy (non-hydrogen) atoms. The summed E-state index contributed by atoms with van der Waals surface area (Å²) < 4.78 is 148. The zero-order valence-corrected chi connectivity index (χ0v) is 45.4. The maximum absolute atomic E-state index is 16.0. The van der Waals surface area contributed by atoms with E-state index in [1.807, 2.05) is 0 Å². The molecule has 0 saturated heterocycles. The van der Waals surface area contributed by atoms with E-state index in [1.165, 1.54) is 93.9 Å². The molecule has 3 aromatic carbocycles. The summed E-state index contributed by atoms with van der Waals surface area (Å²) >= 11 is 0. The molecular weight excluding hydrogens is 1170 g/mol. The minimum absolute atomic E-state index is 0.0181. The SMILES string of the molecule is Cc1cc(C2(c3ccnc(C(F)(F)F)c3)N=C(N)N(Cc3cc(-c4cncnc4)cc(C4(c5ccnc(C(F)(F)F)c5)N=C(N)N(Cc5cc(-c6cncnc6)cc(C6(c7ccnc(C(F)F)c7)N=C(N)N(C)C6=O)c5)C4=O)c3)C2=O)ccc1OC(F)F. The van der Waals surface area contributed by atoms with Gasteiger partial charge in [-0.3, -0.25) is 44.0 Å². The number of benzene rings is 3. The highest BCUT2D eigenvalue weighted by atomic mass is 19.4. The third kappa shape index (κ3) is 10.2. The van der Waals surface area contributed by atoms with E-state index in [1.54, 1.807) is 6.07 Å². The van der Waals surface area contributed by atoms with Gasteiger partial charge in [0.2, 0.25) is 0 Å². The number of alkyl halides is 10. The van der Waals surface area contributed by atoms with Gasteiger partial charge in [-0.2, -0.15) is 35.1 Å². The molecule has 0 aliphatic carbocycles. The van der Waals surface area contributed by atoms with Crippen molar-refractivity contribution in [1.29, 1.82) is 0 Å². The predicted octanol–water partition coefficient (Wildman–Crippen LogP) is 7.90. The number of guanidine groups is 3. The molecule has 3 amide bonds. The number of carbonyl (C=O) groups excluding carboxylic acids is 3. The van der Waals surface area contributed by atoms with Crippen LogP contribution in [0.4, 0.5) is 43.9 Å². The minimum Gasteiger partial charge on any atom is -0.435 e. The van der Waals surface area contributed by atoms with Crippen LogP contribution < -0.4 is 21.9 Å². The van der Waals surface area contributed by atoms with Crippen LogP contribution in [-0.2, 0) is 56.4 Å². The van der Waals surface area contributed by atoms with Gasteiger partial charge in [-0.15, -0.1) is 0 Å². The van der Waals surface area contributed by atoms with Crippen LogP contribution in [0, 0.1) is 6.92 Å². The van der Waals surface area contributed by atoms with Crippen LogP contribution in [0.1, 0.15) is 73.6 Å². The summed E-state index contributed by atoms with van der Waals surface area (Å²) in [5.74, 6) is -4.73. The quantitative estimate of drug-likeness (QED) is 0.0823. The Labute approximate surface area is 490 Å². The second kappa shape index (κ2) is 21.9. The molecule has 0 radical (unpaired) electrons. The van der Waals surface area contributed by atoms with Crippen molar-refractivity contribution in [3.8, 4) is 28.0 Å². The molecule has 3 unspecified atom stereocenters. The molecule has 3 aliphatic heterocycles. The number of aliphatic imine (C=N–C) groups is 3. The average Bonchev–Trinajstić information content (AvgIpc) is 1.58. The Morgan fingerprint density at radius 3 is 1.34 bits per heavy atom. The zero-order valence-electron chi connectivity index (χ0n) is 45.4. The summed E-state index contributed by atoms with van der Waals surface area (Å²) in [6, 6.07) is 17.7. The maximum Gasteiger partial charge on any atom is 0.433 e. The third-order valence-electron chi connectivity index (χ3n) is 14.9. The van der Waals surface area contributed by atoms with Crippen molar-refractivity contribution in [1.82, 2.24) is 49.6 Å². The summed E-state index contributed by atoms with van der Waals surface area (Å²) in [6.07, 6.45) is -2.62. The van der Waals surface area contributed by atoms with Gasteiger partial charge in [-0.25, -0.2) is 43.7 Å². The van der Waals surface area contributed by atoms with E-state index < -0.39 is 113 Å². The van der Waals surface area contributed by atoms with Gasteiger partial charge >= 0.3 is 19.0 Å². The summed E-state index contributed by atoms with van der Waals surface area (Å²) in [4.78, 5) is 89.8. The van der Waals surface area contributed by atoms with E-state index in [2.05, 4.69) is 49.6 Å². The topological polar surface area (TPSA) is 276 Å². The molecule has 0 bridgehead atoms. The van der Waals surface area contributed by atoms with E-state index in [4.69, 9.17) is 22.2 Å². The molecule has 30 heteroatoms. The van der Waals surface area contributed by atoms with Crippen LogP contribution in [-0.4, -0.2) is 98.8 Å². The lowest BCUT2D eigenvalue weighted by Crippen LogP contribution is -2.44. The van der Waals surface area contributed by atoms with E-state index in [0.29, 0.717) is 17.7 Å². The van der Waals surface area contributed by atoms with Crippen molar-refractivity contribution in [2.45, 2.75) is 62.0 Å². The molecule has 0 saturated carbocycles. The normalized spacial score (nSPS) is 19.7. The number of halogens is 10. The summed E-state index contributed by atoms with van der Waals surface area (Å²) in [5.41, 5.74) is 8.85. The first kappa shape index (κ1) is 58.9. The number of rotatable bonds is 15. The van der Waals surface area contributed by atoms with Gasteiger partial charge in [0.15, 0.2) is 34.5 Å². The fourth-order valence-electron chi connectivity index (χ4n) is 10.8. The summed E-state index contributed by atoms with van der Waals surface area (Å²) in [5, 5.41) is 0. The lowest BCUT2D eigenvalue weighted by molar-refractivity contribution is -0.142. The van der Waals surface area contributed by atoms with Crippen molar-refractivity contribution >= 4 is 35.6 Å². The van der Waals surface area contributed by atoms with Crippen molar-refractivity contribution in [2.24, 2.45) is 32.2 Å². The predicted molar refractivity (Wildman–Crippen MR) is 291 cm³/mol. The van der Waals surface area contributed by atoms with Crippen molar-refractivity contribution in [3.05, 3.63) is 214 Å².